The molecule has 1 heterocycles. The van der Waals surface area contributed by atoms with Crippen molar-refractivity contribution >= 4 is 16.6 Å². The number of hydrogen-bond acceptors (Lipinski definition) is 4. The minimum absolute atomic E-state index is 0.223. The fourth-order valence-electron chi connectivity index (χ4n) is 3.36. The maximum atomic E-state index is 9.71. The quantitative estimate of drug-likeness (QED) is 0.905. The molecule has 21 heavy (non-hydrogen) atoms. The largest absolute Gasteiger partial charge is 0.508 e. The van der Waals surface area contributed by atoms with Gasteiger partial charge in [-0.05, 0) is 50.5 Å². The molecule has 0 aliphatic heterocycles. The molecule has 1 aliphatic carbocycles. The predicted octanol–water partition coefficient (Wildman–Crippen LogP) is 3.23. The van der Waals surface area contributed by atoms with E-state index in [1.165, 1.54) is 25.7 Å². The van der Waals surface area contributed by atoms with Gasteiger partial charge in [0.05, 0.1) is 0 Å². The molecule has 3 rings (SSSR count). The van der Waals surface area contributed by atoms with Gasteiger partial charge in [0.2, 0.25) is 0 Å². The fourth-order valence-corrected chi connectivity index (χ4v) is 3.36. The molecule has 4 heteroatoms. The summed E-state index contributed by atoms with van der Waals surface area (Å²) in [5, 5.41) is 15.3. The Kier molecular flexibility index (Phi) is 3.72. The lowest BCUT2D eigenvalue weighted by Crippen LogP contribution is -2.47. The van der Waals surface area contributed by atoms with Crippen LogP contribution in [0.2, 0.25) is 0 Å². The third-order valence-electron chi connectivity index (χ3n) is 4.82. The van der Waals surface area contributed by atoms with E-state index in [-0.39, 0.29) is 11.3 Å². The molecule has 1 fully saturated rings. The number of aromatic nitrogens is 1. The van der Waals surface area contributed by atoms with Crippen molar-refractivity contribution in [3.05, 3.63) is 30.5 Å². The minimum Gasteiger partial charge on any atom is -0.508 e. The van der Waals surface area contributed by atoms with Crippen molar-refractivity contribution in [3.8, 4) is 5.75 Å². The van der Waals surface area contributed by atoms with E-state index in [2.05, 4.69) is 29.3 Å². The number of benzene rings is 1. The molecule has 112 valence electrons. The number of rotatable bonds is 4. The Hall–Kier alpha value is -1.81. The molecule has 2 aromatic rings. The lowest BCUT2D eigenvalue weighted by atomic mass is 9.96. The molecule has 2 N–H and O–H groups in total. The third-order valence-corrected chi connectivity index (χ3v) is 4.82. The van der Waals surface area contributed by atoms with Gasteiger partial charge in [0, 0.05) is 23.7 Å². The summed E-state index contributed by atoms with van der Waals surface area (Å²) in [5.41, 5.74) is 0.223. The number of fused-ring (bicyclic) bond motifs is 1. The van der Waals surface area contributed by atoms with E-state index in [0.717, 1.165) is 23.1 Å². The first-order valence-electron chi connectivity index (χ1n) is 7.60. The van der Waals surface area contributed by atoms with E-state index in [4.69, 9.17) is 0 Å². The second kappa shape index (κ2) is 5.53. The van der Waals surface area contributed by atoms with Crippen molar-refractivity contribution < 1.29 is 5.11 Å². The van der Waals surface area contributed by atoms with Crippen molar-refractivity contribution in [1.29, 1.82) is 0 Å². The number of phenols is 1. The Labute approximate surface area is 125 Å². The molecule has 0 amide bonds. The van der Waals surface area contributed by atoms with Gasteiger partial charge < -0.3 is 15.3 Å². The van der Waals surface area contributed by atoms with Crippen LogP contribution in [0.3, 0.4) is 0 Å². The Morgan fingerprint density at radius 1 is 1.24 bits per heavy atom. The summed E-state index contributed by atoms with van der Waals surface area (Å²) in [5.74, 6) is 1.14. The number of likely N-dealkylation sites (N-methyl/N-ethyl adjacent to an activating group) is 1. The second-order valence-electron chi connectivity index (χ2n) is 6.24. The summed E-state index contributed by atoms with van der Waals surface area (Å²) >= 11 is 0. The molecule has 0 bridgehead atoms. The molecule has 1 aromatic heterocycles. The lowest BCUT2D eigenvalue weighted by molar-refractivity contribution is 0.172. The molecule has 0 spiro atoms. The predicted molar refractivity (Wildman–Crippen MR) is 86.8 cm³/mol. The van der Waals surface area contributed by atoms with Crippen molar-refractivity contribution in [2.75, 3.05) is 26.0 Å². The van der Waals surface area contributed by atoms with Crippen molar-refractivity contribution in [2.45, 2.75) is 31.2 Å². The molecule has 0 saturated heterocycles. The normalized spacial score (nSPS) is 17.5. The van der Waals surface area contributed by atoms with Crippen LogP contribution >= 0.6 is 0 Å². The second-order valence-corrected chi connectivity index (χ2v) is 6.24. The highest BCUT2D eigenvalue weighted by Crippen LogP contribution is 2.34. The Balaban J connectivity index is 1.86. The first-order chi connectivity index (χ1) is 10.1. The van der Waals surface area contributed by atoms with E-state index < -0.39 is 0 Å². The van der Waals surface area contributed by atoms with Gasteiger partial charge in [0.15, 0.2) is 0 Å². The van der Waals surface area contributed by atoms with Gasteiger partial charge in [0.1, 0.15) is 11.6 Å². The van der Waals surface area contributed by atoms with Crippen LogP contribution in [-0.4, -0.2) is 41.2 Å². The number of nitrogens with zero attached hydrogens (tertiary/aromatic N) is 2. The molecule has 0 atom stereocenters. The molecule has 1 saturated carbocycles. The van der Waals surface area contributed by atoms with E-state index in [0.29, 0.717) is 0 Å². The number of aromatic hydroxyl groups is 1. The van der Waals surface area contributed by atoms with E-state index in [9.17, 15) is 5.11 Å². The molecule has 1 aliphatic rings. The number of anilines is 1. The number of pyridine rings is 1. The monoisotopic (exact) mass is 285 g/mol. The highest BCUT2D eigenvalue weighted by atomic mass is 16.3. The third kappa shape index (κ3) is 2.68. The van der Waals surface area contributed by atoms with Gasteiger partial charge in [-0.25, -0.2) is 4.98 Å². The van der Waals surface area contributed by atoms with Crippen LogP contribution in [0.4, 0.5) is 5.82 Å². The average Bonchev–Trinajstić information content (AvgIpc) is 2.95. The molecule has 1 aromatic carbocycles. The highest BCUT2D eigenvalue weighted by Gasteiger charge is 2.35. The Morgan fingerprint density at radius 3 is 2.71 bits per heavy atom. The molecular weight excluding hydrogens is 262 g/mol. The number of hydrogen-bond donors (Lipinski definition) is 2. The van der Waals surface area contributed by atoms with Crippen LogP contribution in [-0.2, 0) is 0 Å². The maximum absolute atomic E-state index is 9.71. The van der Waals surface area contributed by atoms with Crippen LogP contribution in [0.5, 0.6) is 5.75 Å². The molecule has 0 unspecified atom stereocenters. The van der Waals surface area contributed by atoms with Gasteiger partial charge in [-0.2, -0.15) is 0 Å². The summed E-state index contributed by atoms with van der Waals surface area (Å²) < 4.78 is 0. The first kappa shape index (κ1) is 14.1. The molecule has 4 nitrogen and oxygen atoms in total. The van der Waals surface area contributed by atoms with Gasteiger partial charge >= 0.3 is 0 Å². The van der Waals surface area contributed by atoms with Crippen LogP contribution < -0.4 is 5.32 Å². The van der Waals surface area contributed by atoms with E-state index >= 15 is 0 Å². The van der Waals surface area contributed by atoms with Crippen LogP contribution in [0, 0.1) is 0 Å². The SMILES string of the molecule is CN(C)C1(CNc2nccc3ccc(O)cc23)CCCC1. The summed E-state index contributed by atoms with van der Waals surface area (Å²) in [4.78, 5) is 6.80. The van der Waals surface area contributed by atoms with Gasteiger partial charge in [-0.15, -0.1) is 0 Å². The minimum atomic E-state index is 0.223. The Bertz CT molecular complexity index is 633. The Morgan fingerprint density at radius 2 is 2.00 bits per heavy atom. The topological polar surface area (TPSA) is 48.4 Å². The van der Waals surface area contributed by atoms with E-state index in [1.807, 2.05) is 18.3 Å². The van der Waals surface area contributed by atoms with Crippen molar-refractivity contribution in [3.63, 3.8) is 0 Å². The van der Waals surface area contributed by atoms with Crippen LogP contribution in [0.15, 0.2) is 30.5 Å². The lowest BCUT2D eigenvalue weighted by Gasteiger charge is -2.36. The zero-order valence-electron chi connectivity index (χ0n) is 12.8. The number of phenolic OH excluding ortho intramolecular Hbond substituents is 1. The standard InChI is InChI=1S/C17H23N3O/c1-20(2)17(8-3-4-9-17)12-19-16-15-11-14(21)6-5-13(15)7-10-18-16/h5-7,10-11,21H,3-4,8-9,12H2,1-2H3,(H,18,19). The molecule has 0 radical (unpaired) electrons. The zero-order valence-corrected chi connectivity index (χ0v) is 12.8. The fraction of sp³-hybridized carbons (Fsp3) is 0.471. The van der Waals surface area contributed by atoms with Crippen LogP contribution in [0.25, 0.3) is 10.8 Å². The molecular formula is C17H23N3O. The smallest absolute Gasteiger partial charge is 0.134 e. The van der Waals surface area contributed by atoms with Gasteiger partial charge in [-0.3, -0.25) is 0 Å². The summed E-state index contributed by atoms with van der Waals surface area (Å²) in [7, 11) is 4.32. The maximum Gasteiger partial charge on any atom is 0.134 e. The summed E-state index contributed by atoms with van der Waals surface area (Å²) in [6.45, 7) is 0.891. The van der Waals surface area contributed by atoms with Crippen molar-refractivity contribution in [1.82, 2.24) is 9.88 Å². The summed E-state index contributed by atoms with van der Waals surface area (Å²) in [6, 6.07) is 7.39. The first-order valence-corrected chi connectivity index (χ1v) is 7.60. The van der Waals surface area contributed by atoms with Crippen LogP contribution in [0.1, 0.15) is 25.7 Å². The van der Waals surface area contributed by atoms with Gasteiger partial charge in [0.25, 0.3) is 0 Å². The summed E-state index contributed by atoms with van der Waals surface area (Å²) in [6.07, 6.45) is 6.86. The average molecular weight is 285 g/mol. The van der Waals surface area contributed by atoms with Gasteiger partial charge in [-0.1, -0.05) is 18.9 Å². The highest BCUT2D eigenvalue weighted by molar-refractivity contribution is 5.92. The zero-order chi connectivity index (χ0) is 14.9. The van der Waals surface area contributed by atoms with Crippen molar-refractivity contribution in [2.24, 2.45) is 0 Å². The number of nitrogens with one attached hydrogen (secondary N) is 1. The van der Waals surface area contributed by atoms with E-state index in [1.54, 1.807) is 12.1 Å².